The van der Waals surface area contributed by atoms with Crippen LogP contribution in [0, 0.1) is 56.7 Å². The molecule has 0 N–H and O–H groups in total. The van der Waals surface area contributed by atoms with Gasteiger partial charge in [-0.1, -0.05) is 83.1 Å². The van der Waals surface area contributed by atoms with Crippen molar-refractivity contribution in [2.24, 2.45) is 61.8 Å². The molecule has 0 amide bonds. The zero-order chi connectivity index (χ0) is 39.7. The first-order valence-corrected chi connectivity index (χ1v) is 20.4. The molecule has 2 aromatic rings. The highest BCUT2D eigenvalue weighted by Gasteiger charge is 2.72. The third kappa shape index (κ3) is 6.46. The number of ether oxygens (including phenoxy) is 2. The normalized spacial score (nSPS) is 38.8. The molecule has 298 valence electrons. The van der Waals surface area contributed by atoms with E-state index in [2.05, 4.69) is 44.6 Å². The molecule has 5 fully saturated rings. The van der Waals surface area contributed by atoms with Crippen LogP contribution in [0.4, 0.5) is 13.2 Å². The number of carbonyl (C=O) groups excluding carboxylic acids is 2. The van der Waals surface area contributed by atoms with Crippen molar-refractivity contribution < 1.29 is 32.2 Å². The van der Waals surface area contributed by atoms with Crippen LogP contribution in [0.5, 0.6) is 0 Å². The second-order valence-electron chi connectivity index (χ2n) is 19.6. The molecule has 11 atom stereocenters. The Bertz CT molecular complexity index is 1820. The van der Waals surface area contributed by atoms with Gasteiger partial charge in [-0.05, 0) is 140 Å². The van der Waals surface area contributed by atoms with Crippen LogP contribution in [0.3, 0.4) is 0 Å². The highest BCUT2D eigenvalue weighted by Crippen LogP contribution is 2.78. The lowest BCUT2D eigenvalue weighted by atomic mass is 9.32. The minimum absolute atomic E-state index is 0.00907. The van der Waals surface area contributed by atoms with E-state index in [1.807, 2.05) is 24.3 Å². The molecule has 0 heterocycles. The van der Waals surface area contributed by atoms with Crippen molar-refractivity contribution in [2.75, 3.05) is 6.61 Å². The number of carbonyl (C=O) groups is 2. The summed E-state index contributed by atoms with van der Waals surface area (Å²) >= 11 is 0. The van der Waals surface area contributed by atoms with Crippen molar-refractivity contribution in [3.8, 4) is 0 Å². The molecule has 7 nitrogen and oxygen atoms in total. The Morgan fingerprint density at radius 2 is 1.42 bits per heavy atom. The smallest absolute Gasteiger partial charge is 0.389 e. The number of hydrogen-bond donors (Lipinski definition) is 0. The number of rotatable bonds is 8. The molecule has 5 aliphatic carbocycles. The Morgan fingerprint density at radius 1 is 0.782 bits per heavy atom. The summed E-state index contributed by atoms with van der Waals surface area (Å²) in [7, 11) is 0. The average molecular weight is 762 g/mol. The molecule has 0 aromatic heterocycles. The van der Waals surface area contributed by atoms with Crippen LogP contribution < -0.4 is 0 Å². The van der Waals surface area contributed by atoms with Gasteiger partial charge in [-0.3, -0.25) is 0 Å². The SMILES string of the molecule is CC1(C)[C@@H](OC(=O)c2ccccc2)CC[C@]2(C)[C@H]3CC[C@@H]4[C@H]5[C@H]([C@](C)(CC(F)(F)F)N=[N+]=[N-])CC[C@]5(COC(=O)c5ccccc5)CC[C@@]4(C)[C@]3(C)CC[C@@H]12. The fourth-order valence-corrected chi connectivity index (χ4v) is 14.3. The van der Waals surface area contributed by atoms with E-state index in [1.165, 1.54) is 6.92 Å². The summed E-state index contributed by atoms with van der Waals surface area (Å²) in [6.45, 7) is 13.6. The van der Waals surface area contributed by atoms with Crippen molar-refractivity contribution in [3.05, 3.63) is 82.2 Å². The molecule has 55 heavy (non-hydrogen) atoms. The monoisotopic (exact) mass is 761 g/mol. The predicted molar refractivity (Wildman–Crippen MR) is 205 cm³/mol. The van der Waals surface area contributed by atoms with Gasteiger partial charge in [-0.15, -0.1) is 0 Å². The van der Waals surface area contributed by atoms with E-state index in [9.17, 15) is 28.3 Å². The van der Waals surface area contributed by atoms with Gasteiger partial charge in [0.25, 0.3) is 0 Å². The minimum atomic E-state index is -4.51. The molecule has 0 bridgehead atoms. The number of hydrogen-bond acceptors (Lipinski definition) is 5. The van der Waals surface area contributed by atoms with Crippen LogP contribution in [0.25, 0.3) is 10.4 Å². The topological polar surface area (TPSA) is 101 Å². The third-order valence-electron chi connectivity index (χ3n) is 16.9. The Kier molecular flexibility index (Phi) is 9.99. The van der Waals surface area contributed by atoms with Gasteiger partial charge in [0.05, 0.1) is 29.7 Å². The van der Waals surface area contributed by atoms with Gasteiger partial charge in [-0.25, -0.2) is 9.59 Å². The average Bonchev–Trinajstić information content (AvgIpc) is 3.53. The van der Waals surface area contributed by atoms with Gasteiger partial charge in [0.2, 0.25) is 0 Å². The summed E-state index contributed by atoms with van der Waals surface area (Å²) in [5, 5.41) is 3.99. The van der Waals surface area contributed by atoms with E-state index in [4.69, 9.17) is 9.47 Å². The summed E-state index contributed by atoms with van der Waals surface area (Å²) in [5.41, 5.74) is 8.00. The maximum atomic E-state index is 14.3. The third-order valence-corrected chi connectivity index (χ3v) is 16.9. The van der Waals surface area contributed by atoms with E-state index in [0.717, 1.165) is 51.4 Å². The maximum Gasteiger partial charge on any atom is 0.389 e. The van der Waals surface area contributed by atoms with E-state index in [0.29, 0.717) is 35.8 Å². The second-order valence-corrected chi connectivity index (χ2v) is 19.6. The Morgan fingerprint density at radius 3 is 2.04 bits per heavy atom. The van der Waals surface area contributed by atoms with Crippen molar-refractivity contribution in [1.29, 1.82) is 0 Å². The van der Waals surface area contributed by atoms with E-state index in [-0.39, 0.29) is 52.2 Å². The van der Waals surface area contributed by atoms with Gasteiger partial charge >= 0.3 is 18.1 Å². The fraction of sp³-hybridized carbons (Fsp3) is 0.689. The number of benzene rings is 2. The van der Waals surface area contributed by atoms with Crippen molar-refractivity contribution >= 4 is 11.9 Å². The first kappa shape index (κ1) is 39.7. The first-order valence-electron chi connectivity index (χ1n) is 20.4. The van der Waals surface area contributed by atoms with Gasteiger partial charge in [0.1, 0.15) is 6.10 Å². The molecular weight excluding hydrogens is 704 g/mol. The summed E-state index contributed by atoms with van der Waals surface area (Å²) < 4.78 is 55.4. The number of fused-ring (bicyclic) bond motifs is 7. The maximum absolute atomic E-state index is 14.3. The quantitative estimate of drug-likeness (QED) is 0.116. The molecule has 7 rings (SSSR count). The second kappa shape index (κ2) is 13.8. The van der Waals surface area contributed by atoms with Crippen LogP contribution in [-0.2, 0) is 9.47 Å². The molecule has 0 saturated heterocycles. The molecule has 0 spiro atoms. The van der Waals surface area contributed by atoms with Gasteiger partial charge in [0.15, 0.2) is 0 Å². The summed E-state index contributed by atoms with van der Waals surface area (Å²) in [6.07, 6.45) is 2.38. The fourth-order valence-electron chi connectivity index (χ4n) is 14.3. The largest absolute Gasteiger partial charge is 0.461 e. The van der Waals surface area contributed by atoms with Crippen LogP contribution in [0.2, 0.25) is 0 Å². The number of alkyl halides is 3. The molecule has 0 aliphatic heterocycles. The molecular formula is C45H58F3N3O4. The molecule has 2 aromatic carbocycles. The number of nitrogens with zero attached hydrogens (tertiary/aromatic N) is 3. The summed E-state index contributed by atoms with van der Waals surface area (Å²) in [5.74, 6) is -0.630. The summed E-state index contributed by atoms with van der Waals surface area (Å²) in [6, 6.07) is 18.0. The minimum Gasteiger partial charge on any atom is -0.461 e. The van der Waals surface area contributed by atoms with Gasteiger partial charge in [0, 0.05) is 15.7 Å². The lowest BCUT2D eigenvalue weighted by molar-refractivity contribution is -0.252. The highest BCUT2D eigenvalue weighted by atomic mass is 19.4. The van der Waals surface area contributed by atoms with E-state index < -0.39 is 35.4 Å². The Hall–Kier alpha value is -3.52. The zero-order valence-electron chi connectivity index (χ0n) is 33.3. The summed E-state index contributed by atoms with van der Waals surface area (Å²) in [4.78, 5) is 29.6. The lowest BCUT2D eigenvalue weighted by Crippen LogP contribution is -2.67. The van der Waals surface area contributed by atoms with Crippen molar-refractivity contribution in [2.45, 2.75) is 130 Å². The number of esters is 2. The van der Waals surface area contributed by atoms with Crippen LogP contribution in [0.15, 0.2) is 65.8 Å². The zero-order valence-corrected chi connectivity index (χ0v) is 33.3. The molecule has 0 unspecified atom stereocenters. The lowest BCUT2D eigenvalue weighted by Gasteiger charge is -2.73. The Balaban J connectivity index is 1.21. The van der Waals surface area contributed by atoms with Crippen LogP contribution in [0.1, 0.15) is 133 Å². The molecule has 5 saturated carbocycles. The standard InChI is InChI=1S/C45H58F3N3O4/c1-39(2)33-20-23-42(5)34(40(33,3)22-21-35(39)55-38(53)30-15-11-8-12-16-30)18-17-31-36-32(43(6,50-51-49)27-45(46,47)48)19-24-44(36,26-25-41(31,42)4)28-54-37(52)29-13-9-7-10-14-29/h7-16,31-36H,17-28H2,1-6H3/t31-,32-,33+,34-,35+,36+,40+,41-,42-,43+,44-/m1/s1. The van der Waals surface area contributed by atoms with Gasteiger partial charge in [-0.2, -0.15) is 13.2 Å². The predicted octanol–water partition coefficient (Wildman–Crippen LogP) is 12.2. The molecule has 0 radical (unpaired) electrons. The first-order chi connectivity index (χ1) is 25.8. The van der Waals surface area contributed by atoms with Crippen molar-refractivity contribution in [3.63, 3.8) is 0 Å². The highest BCUT2D eigenvalue weighted by molar-refractivity contribution is 5.89. The van der Waals surface area contributed by atoms with Crippen LogP contribution in [-0.4, -0.2) is 36.4 Å². The Labute approximate surface area is 324 Å². The number of halogens is 3. The van der Waals surface area contributed by atoms with E-state index >= 15 is 0 Å². The van der Waals surface area contributed by atoms with Crippen molar-refractivity contribution in [1.82, 2.24) is 0 Å². The molecule has 10 heteroatoms. The van der Waals surface area contributed by atoms with Gasteiger partial charge < -0.3 is 9.47 Å². The number of azide groups is 1. The van der Waals surface area contributed by atoms with E-state index in [1.54, 1.807) is 36.4 Å². The molecule has 5 aliphatic rings. The van der Waals surface area contributed by atoms with Crippen LogP contribution >= 0.6 is 0 Å².